The molecule has 1 N–H and O–H groups in total. The van der Waals surface area contributed by atoms with Crippen LogP contribution < -0.4 is 10.1 Å². The zero-order chi connectivity index (χ0) is 14.9. The molecule has 0 bridgehead atoms. The average Bonchev–Trinajstić information content (AvgIpc) is 2.52. The van der Waals surface area contributed by atoms with Crippen LogP contribution in [0.4, 0.5) is 4.39 Å². The minimum atomic E-state index is -0.156. The smallest absolute Gasteiger partial charge is 0.148 e. The molecule has 0 aromatic heterocycles. The lowest BCUT2D eigenvalue weighted by Crippen LogP contribution is -2.17. The number of rotatable bonds is 7. The summed E-state index contributed by atoms with van der Waals surface area (Å²) in [6, 6.07) is 14.6. The fourth-order valence-corrected chi connectivity index (χ4v) is 2.06. The van der Waals surface area contributed by atoms with Crippen LogP contribution in [0.3, 0.4) is 0 Å². The lowest BCUT2D eigenvalue weighted by Gasteiger charge is -2.10. The fraction of sp³-hybridized carbons (Fsp3) is 0.222. The first kappa shape index (κ1) is 15.1. The molecule has 0 saturated carbocycles. The third-order valence-corrected chi connectivity index (χ3v) is 3.13. The number of benzene rings is 2. The van der Waals surface area contributed by atoms with E-state index < -0.39 is 0 Å². The van der Waals surface area contributed by atoms with Gasteiger partial charge in [-0.05, 0) is 30.7 Å². The van der Waals surface area contributed by atoms with E-state index in [9.17, 15) is 4.39 Å². The van der Waals surface area contributed by atoms with Gasteiger partial charge in [0, 0.05) is 12.1 Å². The Kier molecular flexibility index (Phi) is 5.81. The summed E-state index contributed by atoms with van der Waals surface area (Å²) in [5, 5.41) is 3.30. The highest BCUT2D eigenvalue weighted by Crippen LogP contribution is 2.17. The third kappa shape index (κ3) is 4.62. The number of terminal acetylenes is 1. The Bertz CT molecular complexity index is 619. The number of nitrogens with one attached hydrogen (secondary N) is 1. The molecule has 3 heteroatoms. The Morgan fingerprint density at radius 3 is 2.52 bits per heavy atom. The summed E-state index contributed by atoms with van der Waals surface area (Å²) in [5.74, 6) is 3.08. The molecule has 0 fully saturated rings. The van der Waals surface area contributed by atoms with Gasteiger partial charge in [0.25, 0.3) is 0 Å². The Balaban J connectivity index is 1.84. The molecule has 2 aromatic rings. The average molecular weight is 283 g/mol. The second-order valence-corrected chi connectivity index (χ2v) is 4.62. The maximum absolute atomic E-state index is 13.5. The quantitative estimate of drug-likeness (QED) is 0.622. The number of para-hydroxylation sites is 1. The second kappa shape index (κ2) is 8.08. The van der Waals surface area contributed by atoms with E-state index in [-0.39, 0.29) is 12.4 Å². The number of halogens is 1. The molecule has 2 rings (SSSR count). The number of ether oxygens (including phenoxy) is 1. The lowest BCUT2D eigenvalue weighted by atomic mass is 10.1. The number of hydrogen-bond donors (Lipinski definition) is 1. The molecule has 0 heterocycles. The van der Waals surface area contributed by atoms with Crippen LogP contribution in [0.1, 0.15) is 11.1 Å². The SMILES string of the molecule is C#CCOc1ccccc1CNCCc1ccccc1F. The summed E-state index contributed by atoms with van der Waals surface area (Å²) >= 11 is 0. The molecule has 0 radical (unpaired) electrons. The second-order valence-electron chi connectivity index (χ2n) is 4.62. The van der Waals surface area contributed by atoms with Gasteiger partial charge in [-0.3, -0.25) is 0 Å². The minimum Gasteiger partial charge on any atom is -0.481 e. The highest BCUT2D eigenvalue weighted by Gasteiger charge is 2.03. The van der Waals surface area contributed by atoms with Crippen LogP contribution >= 0.6 is 0 Å². The summed E-state index contributed by atoms with van der Waals surface area (Å²) in [7, 11) is 0. The summed E-state index contributed by atoms with van der Waals surface area (Å²) in [5.41, 5.74) is 1.77. The van der Waals surface area contributed by atoms with Crippen LogP contribution in [0.25, 0.3) is 0 Å². The molecule has 2 nitrogen and oxygen atoms in total. The first-order valence-electron chi connectivity index (χ1n) is 6.89. The van der Waals surface area contributed by atoms with E-state index in [1.165, 1.54) is 6.07 Å². The predicted molar refractivity (Wildman–Crippen MR) is 82.6 cm³/mol. The Morgan fingerprint density at radius 1 is 1.05 bits per heavy atom. The van der Waals surface area contributed by atoms with Crippen molar-refractivity contribution in [1.29, 1.82) is 0 Å². The van der Waals surface area contributed by atoms with E-state index in [4.69, 9.17) is 11.2 Å². The van der Waals surface area contributed by atoms with Crippen molar-refractivity contribution in [3.05, 3.63) is 65.5 Å². The van der Waals surface area contributed by atoms with Crippen LogP contribution in [0.2, 0.25) is 0 Å². The molecule has 2 aromatic carbocycles. The van der Waals surface area contributed by atoms with Crippen LogP contribution in [0, 0.1) is 18.2 Å². The van der Waals surface area contributed by atoms with E-state index >= 15 is 0 Å². The van der Waals surface area contributed by atoms with Gasteiger partial charge in [-0.2, -0.15) is 0 Å². The zero-order valence-electron chi connectivity index (χ0n) is 11.8. The largest absolute Gasteiger partial charge is 0.481 e. The first-order chi connectivity index (χ1) is 10.3. The summed E-state index contributed by atoms with van der Waals surface area (Å²) in [6.45, 7) is 1.62. The van der Waals surface area contributed by atoms with Crippen molar-refractivity contribution >= 4 is 0 Å². The maximum Gasteiger partial charge on any atom is 0.148 e. The molecular formula is C18H18FNO. The van der Waals surface area contributed by atoms with Crippen LogP contribution in [0.5, 0.6) is 5.75 Å². The fourth-order valence-electron chi connectivity index (χ4n) is 2.06. The van der Waals surface area contributed by atoms with E-state index in [1.54, 1.807) is 12.1 Å². The molecule has 21 heavy (non-hydrogen) atoms. The van der Waals surface area contributed by atoms with Gasteiger partial charge >= 0.3 is 0 Å². The summed E-state index contributed by atoms with van der Waals surface area (Å²) in [4.78, 5) is 0. The lowest BCUT2D eigenvalue weighted by molar-refractivity contribution is 0.365. The van der Waals surface area contributed by atoms with Crippen molar-refractivity contribution in [2.24, 2.45) is 0 Å². The van der Waals surface area contributed by atoms with E-state index in [0.29, 0.717) is 19.5 Å². The van der Waals surface area contributed by atoms with Crippen LogP contribution in [-0.2, 0) is 13.0 Å². The molecule has 0 spiro atoms. The molecular weight excluding hydrogens is 265 g/mol. The highest BCUT2D eigenvalue weighted by molar-refractivity contribution is 5.33. The topological polar surface area (TPSA) is 21.3 Å². The van der Waals surface area contributed by atoms with Gasteiger partial charge in [0.15, 0.2) is 0 Å². The van der Waals surface area contributed by atoms with E-state index in [1.807, 2.05) is 30.3 Å². The van der Waals surface area contributed by atoms with Crippen LogP contribution in [0.15, 0.2) is 48.5 Å². The van der Waals surface area contributed by atoms with Gasteiger partial charge < -0.3 is 10.1 Å². The van der Waals surface area contributed by atoms with Crippen LogP contribution in [-0.4, -0.2) is 13.2 Å². The molecule has 108 valence electrons. The Hall–Kier alpha value is -2.31. The standard InChI is InChI=1S/C18H18FNO/c1-2-13-21-18-10-6-4-8-16(18)14-20-12-11-15-7-3-5-9-17(15)19/h1,3-10,20H,11-14H2. The minimum absolute atomic E-state index is 0.156. The molecule has 0 aliphatic carbocycles. The van der Waals surface area contributed by atoms with Crippen molar-refractivity contribution in [3.63, 3.8) is 0 Å². The molecule has 0 unspecified atom stereocenters. The van der Waals surface area contributed by atoms with Crippen molar-refractivity contribution in [2.45, 2.75) is 13.0 Å². The molecule has 0 atom stereocenters. The number of hydrogen-bond acceptors (Lipinski definition) is 2. The highest BCUT2D eigenvalue weighted by atomic mass is 19.1. The third-order valence-electron chi connectivity index (χ3n) is 3.13. The van der Waals surface area contributed by atoms with Gasteiger partial charge in [0.05, 0.1) is 0 Å². The van der Waals surface area contributed by atoms with E-state index in [2.05, 4.69) is 11.2 Å². The van der Waals surface area contributed by atoms with Crippen molar-refractivity contribution in [3.8, 4) is 18.1 Å². The predicted octanol–water partition coefficient (Wildman–Crippen LogP) is 3.17. The van der Waals surface area contributed by atoms with Gasteiger partial charge in [0.1, 0.15) is 18.2 Å². The maximum atomic E-state index is 13.5. The van der Waals surface area contributed by atoms with E-state index in [0.717, 1.165) is 16.9 Å². The van der Waals surface area contributed by atoms with Crippen molar-refractivity contribution in [2.75, 3.05) is 13.2 Å². The Labute approximate surface area is 125 Å². The summed E-state index contributed by atoms with van der Waals surface area (Å²) in [6.07, 6.45) is 5.85. The summed E-state index contributed by atoms with van der Waals surface area (Å²) < 4.78 is 19.0. The van der Waals surface area contributed by atoms with Gasteiger partial charge in [0.2, 0.25) is 0 Å². The van der Waals surface area contributed by atoms with Gasteiger partial charge in [-0.15, -0.1) is 6.42 Å². The van der Waals surface area contributed by atoms with Crippen molar-refractivity contribution in [1.82, 2.24) is 5.32 Å². The normalized spacial score (nSPS) is 10.1. The van der Waals surface area contributed by atoms with Gasteiger partial charge in [-0.25, -0.2) is 4.39 Å². The molecule has 0 aliphatic heterocycles. The van der Waals surface area contributed by atoms with Gasteiger partial charge in [-0.1, -0.05) is 42.3 Å². The van der Waals surface area contributed by atoms with Crippen molar-refractivity contribution < 1.29 is 9.13 Å². The molecule has 0 aliphatic rings. The molecule has 0 amide bonds. The first-order valence-corrected chi connectivity index (χ1v) is 6.89. The zero-order valence-corrected chi connectivity index (χ0v) is 11.8. The molecule has 0 saturated heterocycles. The monoisotopic (exact) mass is 283 g/mol. The Morgan fingerprint density at radius 2 is 1.76 bits per heavy atom.